The van der Waals surface area contributed by atoms with Gasteiger partial charge < -0.3 is 14.9 Å². The molecule has 0 aliphatic carbocycles. The molecule has 0 bridgehead atoms. The van der Waals surface area contributed by atoms with E-state index in [4.69, 9.17) is 14.9 Å². The van der Waals surface area contributed by atoms with Gasteiger partial charge in [-0.15, -0.1) is 0 Å². The van der Waals surface area contributed by atoms with E-state index in [2.05, 4.69) is 0 Å². The lowest BCUT2D eigenvalue weighted by Crippen LogP contribution is -2.30. The Morgan fingerprint density at radius 3 is 2.78 bits per heavy atom. The van der Waals surface area contributed by atoms with Crippen LogP contribution in [0.3, 0.4) is 0 Å². The first kappa shape index (κ1) is 12.2. The number of aryl methyl sites for hydroxylation is 1. The minimum absolute atomic E-state index is 0.417. The van der Waals surface area contributed by atoms with Crippen LogP contribution in [0.1, 0.15) is 12.5 Å². The van der Waals surface area contributed by atoms with E-state index in [-0.39, 0.29) is 0 Å². The van der Waals surface area contributed by atoms with Gasteiger partial charge in [-0.3, -0.25) is 4.79 Å². The van der Waals surface area contributed by atoms with Crippen LogP contribution in [0.4, 0.5) is 0 Å². The third kappa shape index (κ3) is 2.34. The number of rotatable bonds is 3. The number of hydrogen-bond donors (Lipinski definition) is 1. The summed E-state index contributed by atoms with van der Waals surface area (Å²) in [5, 5.41) is 0.827. The van der Waals surface area contributed by atoms with Crippen LogP contribution < -0.4 is 16.1 Å². The number of fused-ring (bicyclic) bond motifs is 1. The van der Waals surface area contributed by atoms with E-state index >= 15 is 0 Å². The average Bonchev–Trinajstić information content (AvgIpc) is 2.27. The quantitative estimate of drug-likeness (QED) is 0.830. The molecule has 0 saturated carbocycles. The van der Waals surface area contributed by atoms with Gasteiger partial charge in [0.2, 0.25) is 0 Å². The molecule has 1 heterocycles. The number of hydrogen-bond acceptors (Lipinski definition) is 4. The third-order valence-electron chi connectivity index (χ3n) is 2.64. The first-order chi connectivity index (χ1) is 8.47. The summed E-state index contributed by atoms with van der Waals surface area (Å²) in [6.07, 6.45) is -0.737. The molecule has 2 aromatic rings. The van der Waals surface area contributed by atoms with Crippen molar-refractivity contribution in [3.05, 3.63) is 40.2 Å². The number of nitrogens with two attached hydrogens (primary N) is 1. The number of amides is 1. The summed E-state index contributed by atoms with van der Waals surface area (Å²) in [4.78, 5) is 22.2. The highest BCUT2D eigenvalue weighted by molar-refractivity contribution is 5.82. The minimum Gasteiger partial charge on any atom is -0.481 e. The number of ether oxygens (including phenoxy) is 1. The number of carbonyl (C=O) groups excluding carboxylic acids is 1. The van der Waals surface area contributed by atoms with Gasteiger partial charge in [-0.25, -0.2) is 4.79 Å². The standard InChI is InChI=1S/C13H13NO4/c1-7-5-12(15)18-11-6-9(3-4-10(7)11)17-8(2)13(14)16/h3-6,8H,1-2H3,(H2,14,16)/t8-/m1/s1. The fourth-order valence-electron chi connectivity index (χ4n) is 1.64. The van der Waals surface area contributed by atoms with Crippen molar-refractivity contribution in [3.8, 4) is 5.75 Å². The lowest BCUT2D eigenvalue weighted by atomic mass is 10.1. The Kier molecular flexibility index (Phi) is 3.06. The number of primary amides is 1. The predicted molar refractivity (Wildman–Crippen MR) is 66.5 cm³/mol. The molecule has 0 spiro atoms. The van der Waals surface area contributed by atoms with E-state index < -0.39 is 17.6 Å². The fraction of sp³-hybridized carbons (Fsp3) is 0.231. The molecule has 0 aliphatic rings. The second-order valence-electron chi connectivity index (χ2n) is 4.07. The van der Waals surface area contributed by atoms with Gasteiger partial charge >= 0.3 is 5.63 Å². The van der Waals surface area contributed by atoms with Gasteiger partial charge in [-0.2, -0.15) is 0 Å². The molecule has 1 atom stereocenters. The molecular formula is C13H13NO4. The molecule has 0 unspecified atom stereocenters. The highest BCUT2D eigenvalue weighted by atomic mass is 16.5. The monoisotopic (exact) mass is 247 g/mol. The van der Waals surface area contributed by atoms with Crippen LogP contribution in [0.15, 0.2) is 33.5 Å². The van der Waals surface area contributed by atoms with E-state index in [9.17, 15) is 9.59 Å². The van der Waals surface area contributed by atoms with Gasteiger partial charge in [0.15, 0.2) is 6.10 Å². The van der Waals surface area contributed by atoms with E-state index in [0.29, 0.717) is 11.3 Å². The highest BCUT2D eigenvalue weighted by Gasteiger charge is 2.11. The van der Waals surface area contributed by atoms with Crippen LogP contribution in [0.5, 0.6) is 5.75 Å². The van der Waals surface area contributed by atoms with E-state index in [1.807, 2.05) is 6.92 Å². The van der Waals surface area contributed by atoms with Crippen LogP contribution >= 0.6 is 0 Å². The summed E-state index contributed by atoms with van der Waals surface area (Å²) >= 11 is 0. The largest absolute Gasteiger partial charge is 0.481 e. The Labute approximate surface area is 103 Å². The predicted octanol–water partition coefficient (Wildman–Crippen LogP) is 1.35. The average molecular weight is 247 g/mol. The molecule has 5 nitrogen and oxygen atoms in total. The fourth-order valence-corrected chi connectivity index (χ4v) is 1.64. The molecule has 2 N–H and O–H groups in total. The Bertz CT molecular complexity index is 660. The summed E-state index contributed by atoms with van der Waals surface area (Å²) < 4.78 is 10.4. The van der Waals surface area contributed by atoms with Crippen molar-refractivity contribution in [2.75, 3.05) is 0 Å². The molecule has 1 amide bonds. The number of carbonyl (C=O) groups is 1. The maximum Gasteiger partial charge on any atom is 0.336 e. The zero-order valence-corrected chi connectivity index (χ0v) is 10.1. The van der Waals surface area contributed by atoms with Gasteiger partial charge in [-0.1, -0.05) is 0 Å². The van der Waals surface area contributed by atoms with Crippen LogP contribution in [-0.4, -0.2) is 12.0 Å². The molecule has 2 rings (SSSR count). The summed E-state index contributed by atoms with van der Waals surface area (Å²) in [5.74, 6) is -0.122. The van der Waals surface area contributed by atoms with Gasteiger partial charge in [0.1, 0.15) is 11.3 Å². The topological polar surface area (TPSA) is 82.5 Å². The van der Waals surface area contributed by atoms with E-state index in [1.165, 1.54) is 6.07 Å². The SMILES string of the molecule is Cc1cc(=O)oc2cc(O[C@H](C)C(N)=O)ccc12. The van der Waals surface area contributed by atoms with Crippen molar-refractivity contribution in [1.82, 2.24) is 0 Å². The lowest BCUT2D eigenvalue weighted by Gasteiger charge is -2.11. The zero-order chi connectivity index (χ0) is 13.3. The summed E-state index contributed by atoms with van der Waals surface area (Å²) in [7, 11) is 0. The van der Waals surface area contributed by atoms with Gasteiger partial charge in [0, 0.05) is 17.5 Å². The van der Waals surface area contributed by atoms with Crippen molar-refractivity contribution in [1.29, 1.82) is 0 Å². The smallest absolute Gasteiger partial charge is 0.336 e. The van der Waals surface area contributed by atoms with Crippen molar-refractivity contribution in [2.45, 2.75) is 20.0 Å². The minimum atomic E-state index is -0.737. The Balaban J connectivity index is 2.44. The molecule has 0 saturated heterocycles. The second-order valence-corrected chi connectivity index (χ2v) is 4.07. The summed E-state index contributed by atoms with van der Waals surface area (Å²) in [6.45, 7) is 3.38. The highest BCUT2D eigenvalue weighted by Crippen LogP contribution is 2.22. The van der Waals surface area contributed by atoms with Gasteiger partial charge in [-0.05, 0) is 31.5 Å². The van der Waals surface area contributed by atoms with Crippen molar-refractivity contribution in [3.63, 3.8) is 0 Å². The molecule has 0 radical (unpaired) electrons. The Hall–Kier alpha value is -2.30. The summed E-state index contributed by atoms with van der Waals surface area (Å²) in [5.41, 5.74) is 5.95. The lowest BCUT2D eigenvalue weighted by molar-refractivity contribution is -0.123. The molecule has 1 aromatic carbocycles. The molecule has 94 valence electrons. The van der Waals surface area contributed by atoms with Crippen molar-refractivity contribution < 1.29 is 13.9 Å². The molecular weight excluding hydrogens is 234 g/mol. The van der Waals surface area contributed by atoms with Gasteiger partial charge in [0.25, 0.3) is 5.91 Å². The van der Waals surface area contributed by atoms with Gasteiger partial charge in [0.05, 0.1) is 0 Å². The van der Waals surface area contributed by atoms with Crippen LogP contribution in [0.2, 0.25) is 0 Å². The Morgan fingerprint density at radius 2 is 2.11 bits per heavy atom. The molecule has 18 heavy (non-hydrogen) atoms. The molecule has 0 aliphatic heterocycles. The van der Waals surface area contributed by atoms with Crippen LogP contribution in [0, 0.1) is 6.92 Å². The van der Waals surface area contributed by atoms with Crippen molar-refractivity contribution in [2.24, 2.45) is 5.73 Å². The van der Waals surface area contributed by atoms with Crippen LogP contribution in [-0.2, 0) is 4.79 Å². The third-order valence-corrected chi connectivity index (χ3v) is 2.64. The summed E-state index contributed by atoms with van der Waals surface area (Å²) in [6, 6.07) is 6.48. The molecule has 1 aromatic heterocycles. The maximum atomic E-state index is 11.3. The molecule has 0 fully saturated rings. The Morgan fingerprint density at radius 1 is 1.39 bits per heavy atom. The maximum absolute atomic E-state index is 11.3. The second kappa shape index (κ2) is 4.52. The van der Waals surface area contributed by atoms with Crippen LogP contribution in [0.25, 0.3) is 11.0 Å². The first-order valence-corrected chi connectivity index (χ1v) is 5.48. The normalized spacial score (nSPS) is 12.3. The number of benzene rings is 1. The van der Waals surface area contributed by atoms with E-state index in [0.717, 1.165) is 10.9 Å². The van der Waals surface area contributed by atoms with E-state index in [1.54, 1.807) is 25.1 Å². The van der Waals surface area contributed by atoms with Crippen molar-refractivity contribution >= 4 is 16.9 Å². The molecule has 5 heteroatoms. The zero-order valence-electron chi connectivity index (χ0n) is 10.1. The first-order valence-electron chi connectivity index (χ1n) is 5.48.